The number of aliphatic carboxylic acids is 1. The molecule has 0 saturated heterocycles. The standard InChI is InChI=1S/C30H23ClFN3O4/c31-23-10-7-20(8-11-23)21-9-14-28-33-27(17-35(28)16-21)29(36)34-26(30(37)38)15-19-5-12-24(13-6-19)39-18-22-3-1-2-4-25(22)32/h1-14,16-17,26H,15,18H2,(H,34,36)(H,37,38). The second-order valence-corrected chi connectivity index (χ2v) is 9.35. The van der Waals surface area contributed by atoms with Crippen molar-refractivity contribution in [2.24, 2.45) is 0 Å². The van der Waals surface area contributed by atoms with Gasteiger partial charge in [-0.2, -0.15) is 0 Å². The van der Waals surface area contributed by atoms with Gasteiger partial charge in [0.2, 0.25) is 0 Å². The lowest BCUT2D eigenvalue weighted by Gasteiger charge is -2.14. The van der Waals surface area contributed by atoms with E-state index in [0.29, 0.717) is 27.5 Å². The highest BCUT2D eigenvalue weighted by atomic mass is 35.5. The molecule has 196 valence electrons. The fourth-order valence-corrected chi connectivity index (χ4v) is 4.21. The van der Waals surface area contributed by atoms with Crippen LogP contribution in [0.2, 0.25) is 5.02 Å². The Morgan fingerprint density at radius 2 is 1.67 bits per heavy atom. The summed E-state index contributed by atoms with van der Waals surface area (Å²) in [7, 11) is 0. The summed E-state index contributed by atoms with van der Waals surface area (Å²) in [6, 6.07) is 23.0. The van der Waals surface area contributed by atoms with Gasteiger partial charge in [-0.3, -0.25) is 4.79 Å². The Hall–Kier alpha value is -4.69. The molecule has 0 aliphatic rings. The fourth-order valence-electron chi connectivity index (χ4n) is 4.08. The molecule has 0 fully saturated rings. The number of fused-ring (bicyclic) bond motifs is 1. The van der Waals surface area contributed by atoms with E-state index < -0.39 is 17.9 Å². The van der Waals surface area contributed by atoms with Gasteiger partial charge in [-0.25, -0.2) is 14.2 Å². The molecule has 3 aromatic carbocycles. The topological polar surface area (TPSA) is 92.9 Å². The second kappa shape index (κ2) is 11.4. The van der Waals surface area contributed by atoms with Gasteiger partial charge in [0.1, 0.15) is 35.6 Å². The first-order chi connectivity index (χ1) is 18.9. The van der Waals surface area contributed by atoms with E-state index in [1.54, 1.807) is 71.3 Å². The number of benzene rings is 3. The normalized spacial score (nSPS) is 11.7. The third-order valence-corrected chi connectivity index (χ3v) is 6.43. The Morgan fingerprint density at radius 3 is 2.38 bits per heavy atom. The predicted molar refractivity (Wildman–Crippen MR) is 145 cm³/mol. The van der Waals surface area contributed by atoms with Crippen LogP contribution in [0.15, 0.2) is 97.3 Å². The van der Waals surface area contributed by atoms with Crippen LogP contribution in [0.4, 0.5) is 4.39 Å². The molecule has 39 heavy (non-hydrogen) atoms. The zero-order valence-electron chi connectivity index (χ0n) is 20.6. The summed E-state index contributed by atoms with van der Waals surface area (Å²) in [5, 5.41) is 12.9. The van der Waals surface area contributed by atoms with Gasteiger partial charge in [-0.05, 0) is 59.2 Å². The zero-order valence-corrected chi connectivity index (χ0v) is 21.3. The van der Waals surface area contributed by atoms with Crippen LogP contribution in [-0.4, -0.2) is 32.4 Å². The van der Waals surface area contributed by atoms with E-state index in [9.17, 15) is 19.1 Å². The van der Waals surface area contributed by atoms with Crippen LogP contribution in [-0.2, 0) is 17.8 Å². The number of amides is 1. The maximum atomic E-state index is 13.8. The van der Waals surface area contributed by atoms with Gasteiger partial charge in [-0.1, -0.05) is 54.1 Å². The molecule has 2 aromatic heterocycles. The molecule has 1 atom stereocenters. The summed E-state index contributed by atoms with van der Waals surface area (Å²) in [6.07, 6.45) is 3.46. The van der Waals surface area contributed by atoms with Crippen molar-refractivity contribution in [1.29, 1.82) is 0 Å². The van der Waals surface area contributed by atoms with Gasteiger partial charge >= 0.3 is 5.97 Å². The number of carbonyl (C=O) groups excluding carboxylic acids is 1. The number of pyridine rings is 1. The average Bonchev–Trinajstić information content (AvgIpc) is 3.37. The largest absolute Gasteiger partial charge is 0.489 e. The summed E-state index contributed by atoms with van der Waals surface area (Å²) < 4.78 is 21.1. The molecule has 0 aliphatic carbocycles. The third kappa shape index (κ3) is 6.25. The van der Waals surface area contributed by atoms with E-state index in [4.69, 9.17) is 16.3 Å². The minimum absolute atomic E-state index is 0.0583. The van der Waals surface area contributed by atoms with E-state index in [2.05, 4.69) is 10.3 Å². The van der Waals surface area contributed by atoms with Gasteiger partial charge in [0, 0.05) is 29.4 Å². The minimum atomic E-state index is -1.17. The van der Waals surface area contributed by atoms with Crippen molar-refractivity contribution in [3.8, 4) is 16.9 Å². The van der Waals surface area contributed by atoms with Crippen molar-refractivity contribution < 1.29 is 23.8 Å². The third-order valence-electron chi connectivity index (χ3n) is 6.18. The molecule has 0 bridgehead atoms. The Labute approximate surface area is 228 Å². The highest BCUT2D eigenvalue weighted by Gasteiger charge is 2.23. The number of ether oxygens (including phenoxy) is 1. The smallest absolute Gasteiger partial charge is 0.326 e. The lowest BCUT2D eigenvalue weighted by Crippen LogP contribution is -2.42. The SMILES string of the molecule is O=C(NC(Cc1ccc(OCc2ccccc2F)cc1)C(=O)O)c1cn2cc(-c3ccc(Cl)cc3)ccc2n1. The summed E-state index contributed by atoms with van der Waals surface area (Å²) in [5.41, 5.74) is 3.64. The number of hydrogen-bond acceptors (Lipinski definition) is 4. The molecular formula is C30H23ClFN3O4. The average molecular weight is 544 g/mol. The van der Waals surface area contributed by atoms with E-state index in [-0.39, 0.29) is 24.5 Å². The number of hydrogen-bond donors (Lipinski definition) is 2. The first-order valence-corrected chi connectivity index (χ1v) is 12.5. The minimum Gasteiger partial charge on any atom is -0.489 e. The highest BCUT2D eigenvalue weighted by molar-refractivity contribution is 6.30. The van der Waals surface area contributed by atoms with Crippen LogP contribution in [0.1, 0.15) is 21.6 Å². The predicted octanol–water partition coefficient (Wildman–Crippen LogP) is 5.80. The number of halogens is 2. The number of carbonyl (C=O) groups is 2. The van der Waals surface area contributed by atoms with Crippen LogP contribution in [0.5, 0.6) is 5.75 Å². The molecule has 2 heterocycles. The molecule has 2 N–H and O–H groups in total. The van der Waals surface area contributed by atoms with Crippen molar-refractivity contribution >= 4 is 29.1 Å². The van der Waals surface area contributed by atoms with Gasteiger partial charge in [-0.15, -0.1) is 0 Å². The van der Waals surface area contributed by atoms with E-state index in [1.807, 2.05) is 24.4 Å². The lowest BCUT2D eigenvalue weighted by molar-refractivity contribution is -0.139. The molecule has 0 radical (unpaired) electrons. The Balaban J connectivity index is 1.24. The maximum Gasteiger partial charge on any atom is 0.326 e. The van der Waals surface area contributed by atoms with Crippen molar-refractivity contribution in [3.05, 3.63) is 125 Å². The first kappa shape index (κ1) is 25.9. The number of nitrogens with one attached hydrogen (secondary N) is 1. The molecule has 0 saturated carbocycles. The molecule has 1 unspecified atom stereocenters. The van der Waals surface area contributed by atoms with Crippen LogP contribution >= 0.6 is 11.6 Å². The van der Waals surface area contributed by atoms with E-state index in [1.165, 1.54) is 6.07 Å². The Bertz CT molecular complexity index is 1630. The number of imidazole rings is 1. The van der Waals surface area contributed by atoms with Gasteiger partial charge in [0.15, 0.2) is 0 Å². The van der Waals surface area contributed by atoms with Gasteiger partial charge < -0.3 is 19.6 Å². The first-order valence-electron chi connectivity index (χ1n) is 12.1. The summed E-state index contributed by atoms with van der Waals surface area (Å²) >= 11 is 5.97. The summed E-state index contributed by atoms with van der Waals surface area (Å²) in [5.74, 6) is -1.59. The van der Waals surface area contributed by atoms with Crippen LogP contribution in [0.25, 0.3) is 16.8 Å². The van der Waals surface area contributed by atoms with Crippen LogP contribution < -0.4 is 10.1 Å². The fraction of sp³-hybridized carbons (Fsp3) is 0.100. The van der Waals surface area contributed by atoms with Crippen LogP contribution in [0.3, 0.4) is 0 Å². The zero-order chi connectivity index (χ0) is 27.4. The monoisotopic (exact) mass is 543 g/mol. The summed E-state index contributed by atoms with van der Waals surface area (Å²) in [4.78, 5) is 29.2. The number of carboxylic acids is 1. The molecule has 5 aromatic rings. The summed E-state index contributed by atoms with van der Waals surface area (Å²) in [6.45, 7) is 0.0695. The number of rotatable bonds is 9. The molecule has 5 rings (SSSR count). The van der Waals surface area contributed by atoms with Crippen molar-refractivity contribution in [1.82, 2.24) is 14.7 Å². The molecular weight excluding hydrogens is 521 g/mol. The number of nitrogens with zero attached hydrogens (tertiary/aromatic N) is 2. The molecule has 1 amide bonds. The molecule has 0 spiro atoms. The molecule has 0 aliphatic heterocycles. The van der Waals surface area contributed by atoms with Crippen molar-refractivity contribution in [2.45, 2.75) is 19.1 Å². The lowest BCUT2D eigenvalue weighted by atomic mass is 10.1. The van der Waals surface area contributed by atoms with E-state index in [0.717, 1.165) is 11.1 Å². The van der Waals surface area contributed by atoms with Gasteiger partial charge in [0.25, 0.3) is 5.91 Å². The van der Waals surface area contributed by atoms with Crippen LogP contribution in [0, 0.1) is 5.82 Å². The maximum absolute atomic E-state index is 13.8. The highest BCUT2D eigenvalue weighted by Crippen LogP contribution is 2.22. The Kier molecular flexibility index (Phi) is 7.56. The second-order valence-electron chi connectivity index (χ2n) is 8.91. The molecule has 7 nitrogen and oxygen atoms in total. The van der Waals surface area contributed by atoms with Crippen molar-refractivity contribution in [2.75, 3.05) is 0 Å². The molecule has 9 heteroatoms. The Morgan fingerprint density at radius 1 is 0.949 bits per heavy atom. The van der Waals surface area contributed by atoms with Gasteiger partial charge in [0.05, 0.1) is 0 Å². The van der Waals surface area contributed by atoms with Crippen molar-refractivity contribution in [3.63, 3.8) is 0 Å². The van der Waals surface area contributed by atoms with E-state index >= 15 is 0 Å². The number of carboxylic acid groups (broad SMARTS) is 1. The quantitative estimate of drug-likeness (QED) is 0.245. The number of aromatic nitrogens is 2.